The van der Waals surface area contributed by atoms with E-state index in [-0.39, 0.29) is 18.3 Å². The van der Waals surface area contributed by atoms with Crippen LogP contribution in [0.1, 0.15) is 11.1 Å². The quantitative estimate of drug-likeness (QED) is 0.131. The van der Waals surface area contributed by atoms with Crippen molar-refractivity contribution < 1.29 is 23.2 Å². The fraction of sp³-hybridized carbons (Fsp3) is 0.0690. The Hall–Kier alpha value is -4.47. The van der Waals surface area contributed by atoms with Gasteiger partial charge in [0.25, 0.3) is 0 Å². The van der Waals surface area contributed by atoms with Crippen molar-refractivity contribution in [3.05, 3.63) is 113 Å². The second-order valence-electron chi connectivity index (χ2n) is 8.71. The van der Waals surface area contributed by atoms with Gasteiger partial charge in [-0.05, 0) is 59.6 Å². The molecular weight excluding hydrogens is 536 g/mol. The lowest BCUT2D eigenvalue weighted by Crippen LogP contribution is -2.18. The number of aromatic nitrogens is 1. The third-order valence-corrected chi connectivity index (χ3v) is 7.68. The Morgan fingerprint density at radius 1 is 0.897 bits per heavy atom. The van der Waals surface area contributed by atoms with Crippen LogP contribution in [0, 0.1) is 6.92 Å². The van der Waals surface area contributed by atoms with Crippen molar-refractivity contribution in [2.45, 2.75) is 18.4 Å². The van der Waals surface area contributed by atoms with E-state index in [4.69, 9.17) is 11.6 Å². The molecule has 2 N–H and O–H groups in total. The minimum atomic E-state index is -1.80. The minimum absolute atomic E-state index is 0.0852. The summed E-state index contributed by atoms with van der Waals surface area (Å²) in [5, 5.41) is 30.8. The van der Waals surface area contributed by atoms with Crippen molar-refractivity contribution in [3.63, 3.8) is 0 Å². The average molecular weight is 559 g/mol. The molecule has 0 saturated carbocycles. The summed E-state index contributed by atoms with van der Waals surface area (Å²) < 4.78 is 15.7. The Balaban J connectivity index is 1.47. The van der Waals surface area contributed by atoms with Gasteiger partial charge >= 0.3 is 6.03 Å². The molecule has 0 unspecified atom stereocenters. The summed E-state index contributed by atoms with van der Waals surface area (Å²) in [6.45, 7) is 1.86. The Bertz CT molecular complexity index is 1810. The smallest absolute Gasteiger partial charge is 0.494 e. The normalized spacial score (nSPS) is 12.6. The average Bonchev–Trinajstić information content (AvgIpc) is 3.19. The number of carbonyl (C=O) groups is 1. The minimum Gasteiger partial charge on any atom is -0.494 e. The number of nitrogens with zero attached hydrogens (tertiary/aromatic N) is 4. The maximum Gasteiger partial charge on any atom is 0.543 e. The molecule has 8 nitrogen and oxygen atoms in total. The molecule has 39 heavy (non-hydrogen) atoms. The highest BCUT2D eigenvalue weighted by Gasteiger charge is 2.20. The van der Waals surface area contributed by atoms with E-state index in [1.165, 1.54) is 4.57 Å². The highest BCUT2D eigenvalue weighted by molar-refractivity contribution is 7.72. The van der Waals surface area contributed by atoms with Crippen LogP contribution in [0.15, 0.2) is 112 Å². The van der Waals surface area contributed by atoms with Gasteiger partial charge in [-0.2, -0.15) is 4.79 Å². The van der Waals surface area contributed by atoms with Crippen LogP contribution in [-0.4, -0.2) is 24.8 Å². The summed E-state index contributed by atoms with van der Waals surface area (Å²) in [4.78, 5) is 13.6. The first-order valence-electron chi connectivity index (χ1n) is 11.9. The van der Waals surface area contributed by atoms with Gasteiger partial charge in [-0.3, -0.25) is 8.51 Å². The summed E-state index contributed by atoms with van der Waals surface area (Å²) in [5.74, 6) is -0.288. The molecule has 5 aromatic rings. The van der Waals surface area contributed by atoms with Gasteiger partial charge in [-0.1, -0.05) is 87.8 Å². The lowest BCUT2D eigenvalue weighted by molar-refractivity contribution is -0.417. The van der Waals surface area contributed by atoms with Gasteiger partial charge in [0.2, 0.25) is 11.8 Å². The first-order chi connectivity index (χ1) is 18.8. The summed E-state index contributed by atoms with van der Waals surface area (Å²) in [7, 11) is -1.80. The Kier molecular flexibility index (Phi) is 7.44. The van der Waals surface area contributed by atoms with Crippen molar-refractivity contribution in [1.29, 1.82) is 0 Å². The van der Waals surface area contributed by atoms with Gasteiger partial charge in [0, 0.05) is 15.8 Å². The van der Waals surface area contributed by atoms with E-state index in [0.717, 1.165) is 9.51 Å². The second-order valence-corrected chi connectivity index (χ2v) is 10.6. The lowest BCUT2D eigenvalue weighted by Gasteiger charge is -2.11. The van der Waals surface area contributed by atoms with Gasteiger partial charge in [0.15, 0.2) is 0 Å². The molecule has 0 atom stereocenters. The first-order valence-corrected chi connectivity index (χ1v) is 13.4. The standard InChI is InChI=1S/C29H23ClN4O4S/c1-19-16-22(13-15-26(19)34-27(35)24-14-12-21(30)17-25(24)28(34)36)31-32-29(37)33(18-20-8-4-2-5-9-20)39(38)23-10-6-3-7-11-23/h2-17,35-36H,18H2,1H3. The van der Waals surface area contributed by atoms with Crippen molar-refractivity contribution in [3.8, 4) is 17.4 Å². The molecule has 1 heterocycles. The van der Waals surface area contributed by atoms with Crippen LogP contribution >= 0.6 is 11.6 Å². The van der Waals surface area contributed by atoms with Gasteiger partial charge < -0.3 is 14.4 Å². The molecule has 0 saturated heterocycles. The zero-order chi connectivity index (χ0) is 27.5. The van der Waals surface area contributed by atoms with Crippen LogP contribution in [0.25, 0.3) is 16.5 Å². The maximum absolute atomic E-state index is 13.3. The van der Waals surface area contributed by atoms with Gasteiger partial charge in [-0.15, -0.1) is 0 Å². The monoisotopic (exact) mass is 558 g/mol. The fourth-order valence-corrected chi connectivity index (χ4v) is 5.44. The number of benzene rings is 4. The fourth-order valence-electron chi connectivity index (χ4n) is 4.18. The number of azo groups is 1. The molecular formula is C29H23ClN4O4S. The number of urea groups is 1. The van der Waals surface area contributed by atoms with Gasteiger partial charge in [0.1, 0.15) is 10.8 Å². The molecule has 0 fully saturated rings. The molecule has 0 aliphatic carbocycles. The number of aromatic hydroxyl groups is 2. The second kappa shape index (κ2) is 11.1. The number of aryl methyl sites for hydroxylation is 1. The van der Waals surface area contributed by atoms with Crippen LogP contribution in [0.2, 0.25) is 5.02 Å². The van der Waals surface area contributed by atoms with Gasteiger partial charge in [-0.25, -0.2) is 0 Å². The number of amides is 2. The van der Waals surface area contributed by atoms with Crippen LogP contribution in [0.4, 0.5) is 10.5 Å². The zero-order valence-corrected chi connectivity index (χ0v) is 22.3. The van der Waals surface area contributed by atoms with Crippen LogP contribution in [-0.2, 0) is 21.3 Å². The van der Waals surface area contributed by atoms with E-state index in [0.29, 0.717) is 37.6 Å². The third kappa shape index (κ3) is 5.41. The number of halogens is 1. The topological polar surface area (TPSA) is 107 Å². The van der Waals surface area contributed by atoms with Crippen molar-refractivity contribution in [2.75, 3.05) is 0 Å². The summed E-state index contributed by atoms with van der Waals surface area (Å²) in [5.41, 5.74) is 2.34. The van der Waals surface area contributed by atoms with E-state index in [2.05, 4.69) is 10.2 Å². The predicted octanol–water partition coefficient (Wildman–Crippen LogP) is 7.63. The van der Waals surface area contributed by atoms with Crippen molar-refractivity contribution in [2.24, 2.45) is 10.2 Å². The van der Waals surface area contributed by atoms with E-state index < -0.39 is 16.6 Å². The van der Waals surface area contributed by atoms with E-state index >= 15 is 0 Å². The summed E-state index contributed by atoms with van der Waals surface area (Å²) in [6.07, 6.45) is 0. The zero-order valence-electron chi connectivity index (χ0n) is 20.7. The largest absolute Gasteiger partial charge is 0.543 e. The molecule has 0 radical (unpaired) electrons. The van der Waals surface area contributed by atoms with Gasteiger partial charge in [0.05, 0.1) is 12.2 Å². The Labute approximate surface area is 231 Å². The molecule has 0 bridgehead atoms. The number of hydrogen-bond donors (Lipinski definition) is 2. The maximum atomic E-state index is 13.3. The molecule has 2 amide bonds. The number of rotatable bonds is 5. The molecule has 0 aliphatic rings. The van der Waals surface area contributed by atoms with Crippen LogP contribution in [0.5, 0.6) is 11.8 Å². The van der Waals surface area contributed by atoms with E-state index in [1.807, 2.05) is 30.3 Å². The highest BCUT2D eigenvalue weighted by Crippen LogP contribution is 2.41. The molecule has 10 heteroatoms. The highest BCUT2D eigenvalue weighted by atomic mass is 35.5. The number of carbonyl (C=O) groups excluding carboxylic acids is 1. The predicted molar refractivity (Wildman–Crippen MR) is 149 cm³/mol. The molecule has 5 rings (SSSR count). The van der Waals surface area contributed by atoms with Crippen molar-refractivity contribution in [1.82, 2.24) is 4.57 Å². The van der Waals surface area contributed by atoms with E-state index in [1.54, 1.807) is 73.7 Å². The summed E-state index contributed by atoms with van der Waals surface area (Å²) >= 11 is 6.06. The number of hydrogen-bond acceptors (Lipinski definition) is 6. The van der Waals surface area contributed by atoms with Crippen molar-refractivity contribution >= 4 is 44.7 Å². The summed E-state index contributed by atoms with van der Waals surface area (Å²) in [6, 6.07) is 26.9. The first kappa shape index (κ1) is 26.1. The SMILES string of the molecule is Cc1cc(N=NC(=O)[N+](Cc2ccccc2)=[S-](=O)c2ccccc2)ccc1-n1c(O)c2ccc(Cl)cc2c1O. The van der Waals surface area contributed by atoms with Crippen LogP contribution in [0.3, 0.4) is 0 Å². The molecule has 4 aromatic carbocycles. The molecule has 0 spiro atoms. The molecule has 1 aromatic heterocycles. The number of fused-ring (bicyclic) bond motifs is 1. The lowest BCUT2D eigenvalue weighted by atomic mass is 10.2. The Morgan fingerprint density at radius 2 is 1.56 bits per heavy atom. The third-order valence-electron chi connectivity index (χ3n) is 6.09. The van der Waals surface area contributed by atoms with E-state index in [9.17, 15) is 19.2 Å². The van der Waals surface area contributed by atoms with Crippen LogP contribution < -0.4 is 0 Å². The molecule has 196 valence electrons. The molecule has 0 aliphatic heterocycles. The Morgan fingerprint density at radius 3 is 2.26 bits per heavy atom.